The monoisotopic (exact) mass is 257 g/mol. The molecule has 2 rings (SSSR count). The van der Waals surface area contributed by atoms with Gasteiger partial charge in [0.25, 0.3) is 0 Å². The molecule has 0 aliphatic heterocycles. The van der Waals surface area contributed by atoms with Crippen molar-refractivity contribution in [3.8, 4) is 0 Å². The zero-order chi connectivity index (χ0) is 13.8. The molecule has 0 bridgehead atoms. The normalized spacial score (nSPS) is 12.6. The van der Waals surface area contributed by atoms with Gasteiger partial charge in [0.2, 0.25) is 0 Å². The Morgan fingerprint density at radius 2 is 2.05 bits per heavy atom. The van der Waals surface area contributed by atoms with Crippen LogP contribution >= 0.6 is 0 Å². The van der Waals surface area contributed by atoms with E-state index in [1.165, 1.54) is 16.8 Å². The van der Waals surface area contributed by atoms with Crippen molar-refractivity contribution < 1.29 is 0 Å². The quantitative estimate of drug-likeness (QED) is 0.892. The standard InChI is InChI=1S/C16H23N3/c1-5-13-10-14(19(4)18-13)11-16(17-3)15-9-7-6-8-12(15)2/h6-10,16-17H,5,11H2,1-4H3. The molecule has 0 saturated carbocycles. The molecule has 0 saturated heterocycles. The number of likely N-dealkylation sites (N-methyl/N-ethyl adjacent to an activating group) is 1. The first-order valence-electron chi connectivity index (χ1n) is 6.90. The molecule has 1 aromatic heterocycles. The largest absolute Gasteiger partial charge is 0.313 e. The number of hydrogen-bond acceptors (Lipinski definition) is 2. The Bertz CT molecular complexity index is 543. The van der Waals surface area contributed by atoms with E-state index in [2.05, 4.69) is 54.6 Å². The van der Waals surface area contributed by atoms with Crippen molar-refractivity contribution in [3.63, 3.8) is 0 Å². The lowest BCUT2D eigenvalue weighted by Crippen LogP contribution is -2.21. The van der Waals surface area contributed by atoms with E-state index in [-0.39, 0.29) is 0 Å². The van der Waals surface area contributed by atoms with Crippen LogP contribution < -0.4 is 5.32 Å². The van der Waals surface area contributed by atoms with Gasteiger partial charge in [-0.1, -0.05) is 31.2 Å². The Morgan fingerprint density at radius 3 is 2.63 bits per heavy atom. The average Bonchev–Trinajstić information content (AvgIpc) is 2.77. The van der Waals surface area contributed by atoms with Gasteiger partial charge in [-0.25, -0.2) is 0 Å². The summed E-state index contributed by atoms with van der Waals surface area (Å²) in [7, 11) is 4.05. The summed E-state index contributed by atoms with van der Waals surface area (Å²) in [6, 6.07) is 11.1. The summed E-state index contributed by atoms with van der Waals surface area (Å²) in [6.07, 6.45) is 1.95. The van der Waals surface area contributed by atoms with Crippen molar-refractivity contribution in [1.29, 1.82) is 0 Å². The second kappa shape index (κ2) is 6.02. The summed E-state index contributed by atoms with van der Waals surface area (Å²) in [5.41, 5.74) is 5.14. The molecule has 1 N–H and O–H groups in total. The minimum Gasteiger partial charge on any atom is -0.313 e. The molecule has 0 fully saturated rings. The number of nitrogens with one attached hydrogen (secondary N) is 1. The van der Waals surface area contributed by atoms with Crippen molar-refractivity contribution in [2.24, 2.45) is 7.05 Å². The summed E-state index contributed by atoms with van der Waals surface area (Å²) in [5.74, 6) is 0. The van der Waals surface area contributed by atoms with Crippen molar-refractivity contribution in [3.05, 3.63) is 52.8 Å². The first kappa shape index (κ1) is 13.8. The molecule has 0 amide bonds. The van der Waals surface area contributed by atoms with Crippen LogP contribution in [0.3, 0.4) is 0 Å². The lowest BCUT2D eigenvalue weighted by Gasteiger charge is -2.18. The summed E-state index contributed by atoms with van der Waals surface area (Å²) in [6.45, 7) is 4.31. The van der Waals surface area contributed by atoms with E-state index in [1.54, 1.807) is 0 Å². The molecule has 3 heteroatoms. The van der Waals surface area contributed by atoms with E-state index in [9.17, 15) is 0 Å². The van der Waals surface area contributed by atoms with Crippen LogP contribution in [0.5, 0.6) is 0 Å². The highest BCUT2D eigenvalue weighted by atomic mass is 15.3. The summed E-state index contributed by atoms with van der Waals surface area (Å²) in [4.78, 5) is 0. The maximum Gasteiger partial charge on any atom is 0.0624 e. The minimum atomic E-state index is 0.335. The third-order valence-corrected chi connectivity index (χ3v) is 3.72. The van der Waals surface area contributed by atoms with E-state index in [0.717, 1.165) is 18.5 Å². The second-order valence-corrected chi connectivity index (χ2v) is 5.01. The topological polar surface area (TPSA) is 29.9 Å². The van der Waals surface area contributed by atoms with Gasteiger partial charge in [0, 0.05) is 25.2 Å². The molecule has 2 aromatic rings. The zero-order valence-electron chi connectivity index (χ0n) is 12.3. The number of rotatable bonds is 5. The van der Waals surface area contributed by atoms with Crippen LogP contribution in [0.2, 0.25) is 0 Å². The lowest BCUT2D eigenvalue weighted by molar-refractivity contribution is 0.559. The fourth-order valence-electron chi connectivity index (χ4n) is 2.49. The first-order chi connectivity index (χ1) is 9.15. The van der Waals surface area contributed by atoms with Gasteiger partial charge in [-0.15, -0.1) is 0 Å². The van der Waals surface area contributed by atoms with E-state index >= 15 is 0 Å². The predicted molar refractivity (Wildman–Crippen MR) is 79.3 cm³/mol. The molecule has 1 aromatic carbocycles. The highest BCUT2D eigenvalue weighted by Gasteiger charge is 2.14. The van der Waals surface area contributed by atoms with Gasteiger partial charge in [-0.3, -0.25) is 4.68 Å². The first-order valence-corrected chi connectivity index (χ1v) is 6.90. The third-order valence-electron chi connectivity index (χ3n) is 3.72. The van der Waals surface area contributed by atoms with Crippen molar-refractivity contribution in [1.82, 2.24) is 15.1 Å². The number of aryl methyl sites for hydroxylation is 3. The lowest BCUT2D eigenvalue weighted by atomic mass is 9.97. The van der Waals surface area contributed by atoms with Crippen molar-refractivity contribution in [2.45, 2.75) is 32.7 Å². The van der Waals surface area contributed by atoms with Crippen LogP contribution in [0.25, 0.3) is 0 Å². The SMILES string of the molecule is CCc1cc(CC(NC)c2ccccc2C)n(C)n1. The zero-order valence-corrected chi connectivity index (χ0v) is 12.3. The molecule has 0 aliphatic rings. The number of nitrogens with zero attached hydrogens (tertiary/aromatic N) is 2. The summed E-state index contributed by atoms with van der Waals surface area (Å²) in [5, 5.41) is 7.94. The van der Waals surface area contributed by atoms with Crippen LogP contribution in [0.4, 0.5) is 0 Å². The summed E-state index contributed by atoms with van der Waals surface area (Å²) < 4.78 is 2.00. The number of aromatic nitrogens is 2. The fourth-order valence-corrected chi connectivity index (χ4v) is 2.49. The van der Waals surface area contributed by atoms with E-state index in [4.69, 9.17) is 0 Å². The van der Waals surface area contributed by atoms with Crippen LogP contribution in [-0.4, -0.2) is 16.8 Å². The third kappa shape index (κ3) is 3.04. The van der Waals surface area contributed by atoms with Gasteiger partial charge < -0.3 is 5.32 Å². The average molecular weight is 257 g/mol. The Balaban J connectivity index is 2.24. The number of benzene rings is 1. The molecular formula is C16H23N3. The minimum absolute atomic E-state index is 0.335. The van der Waals surface area contributed by atoms with E-state index in [1.807, 2.05) is 18.8 Å². The van der Waals surface area contributed by atoms with Gasteiger partial charge in [-0.2, -0.15) is 5.10 Å². The van der Waals surface area contributed by atoms with Crippen molar-refractivity contribution in [2.75, 3.05) is 7.05 Å². The molecule has 3 nitrogen and oxygen atoms in total. The Labute approximate surface area is 115 Å². The van der Waals surface area contributed by atoms with Crippen LogP contribution in [0.15, 0.2) is 30.3 Å². The highest BCUT2D eigenvalue weighted by Crippen LogP contribution is 2.21. The molecule has 1 heterocycles. The Hall–Kier alpha value is -1.61. The molecule has 0 radical (unpaired) electrons. The van der Waals surface area contributed by atoms with Crippen molar-refractivity contribution >= 4 is 0 Å². The fraction of sp³-hybridized carbons (Fsp3) is 0.438. The van der Waals surface area contributed by atoms with Gasteiger partial charge >= 0.3 is 0 Å². The Kier molecular flexibility index (Phi) is 4.38. The maximum atomic E-state index is 4.52. The molecule has 1 unspecified atom stereocenters. The van der Waals surface area contributed by atoms with Crippen LogP contribution in [0, 0.1) is 6.92 Å². The van der Waals surface area contributed by atoms with E-state index in [0.29, 0.717) is 6.04 Å². The summed E-state index contributed by atoms with van der Waals surface area (Å²) >= 11 is 0. The van der Waals surface area contributed by atoms with Gasteiger partial charge in [-0.05, 0) is 37.6 Å². The van der Waals surface area contributed by atoms with Gasteiger partial charge in [0.05, 0.1) is 5.69 Å². The second-order valence-electron chi connectivity index (χ2n) is 5.01. The van der Waals surface area contributed by atoms with Gasteiger partial charge in [0.1, 0.15) is 0 Å². The van der Waals surface area contributed by atoms with Crippen LogP contribution in [0.1, 0.15) is 35.5 Å². The highest BCUT2D eigenvalue weighted by molar-refractivity contribution is 5.30. The Morgan fingerprint density at radius 1 is 1.32 bits per heavy atom. The van der Waals surface area contributed by atoms with Crippen LogP contribution in [-0.2, 0) is 19.9 Å². The van der Waals surface area contributed by atoms with Gasteiger partial charge in [0.15, 0.2) is 0 Å². The predicted octanol–water partition coefficient (Wildman–Crippen LogP) is 2.79. The molecule has 1 atom stereocenters. The molecule has 19 heavy (non-hydrogen) atoms. The molecule has 0 spiro atoms. The number of hydrogen-bond donors (Lipinski definition) is 1. The molecular weight excluding hydrogens is 234 g/mol. The van der Waals surface area contributed by atoms with E-state index < -0.39 is 0 Å². The smallest absolute Gasteiger partial charge is 0.0624 e. The maximum absolute atomic E-state index is 4.52. The molecule has 0 aliphatic carbocycles. The molecule has 102 valence electrons.